The molecule has 1 saturated carbocycles. The molecule has 1 nitrogen and oxygen atoms in total. The molecule has 3 aliphatic rings. The Morgan fingerprint density at radius 3 is 1.81 bits per heavy atom. The molecule has 0 saturated heterocycles. The van der Waals surface area contributed by atoms with E-state index in [-0.39, 0.29) is 11.3 Å². The van der Waals surface area contributed by atoms with Crippen molar-refractivity contribution in [3.05, 3.63) is 271 Å². The van der Waals surface area contributed by atoms with Crippen molar-refractivity contribution >= 4 is 38.6 Å². The van der Waals surface area contributed by atoms with Crippen molar-refractivity contribution < 1.29 is 0 Å². The highest BCUT2D eigenvalue weighted by atomic mass is 15.2. The van der Waals surface area contributed by atoms with Crippen molar-refractivity contribution in [1.29, 1.82) is 0 Å². The lowest BCUT2D eigenvalue weighted by molar-refractivity contribution is 0.445. The average Bonchev–Trinajstić information content (AvgIpc) is 3.72. The van der Waals surface area contributed by atoms with Crippen LogP contribution >= 0.6 is 0 Å². The number of para-hydroxylation sites is 2. The molecule has 3 unspecified atom stereocenters. The lowest BCUT2D eigenvalue weighted by Gasteiger charge is -2.35. The summed E-state index contributed by atoms with van der Waals surface area (Å²) in [6, 6.07) is 82.8. The maximum atomic E-state index is 2.66. The number of anilines is 3. The van der Waals surface area contributed by atoms with Gasteiger partial charge in [-0.25, -0.2) is 0 Å². The normalized spacial score (nSPS) is 18.3. The summed E-state index contributed by atoms with van der Waals surface area (Å²) in [5.74, 6) is 1.00. The lowest BCUT2D eigenvalue weighted by Crippen LogP contribution is -2.22. The van der Waals surface area contributed by atoms with Crippen molar-refractivity contribution in [3.63, 3.8) is 0 Å². The molecule has 72 heavy (non-hydrogen) atoms. The minimum absolute atomic E-state index is 0.156. The maximum absolute atomic E-state index is 2.66. The van der Waals surface area contributed by atoms with E-state index >= 15 is 0 Å². The van der Waals surface area contributed by atoms with Crippen molar-refractivity contribution in [3.8, 4) is 44.5 Å². The molecule has 10 aromatic rings. The highest BCUT2D eigenvalue weighted by molar-refractivity contribution is 6.06. The summed E-state index contributed by atoms with van der Waals surface area (Å²) >= 11 is 0. The summed E-state index contributed by atoms with van der Waals surface area (Å²) < 4.78 is 0. The van der Waals surface area contributed by atoms with E-state index in [0.717, 1.165) is 11.4 Å². The van der Waals surface area contributed by atoms with Crippen LogP contribution in [0.4, 0.5) is 17.1 Å². The fourth-order valence-electron chi connectivity index (χ4n) is 13.1. The third-order valence-electron chi connectivity index (χ3n) is 16.7. The third kappa shape index (κ3) is 7.28. The van der Waals surface area contributed by atoms with E-state index < -0.39 is 0 Å². The van der Waals surface area contributed by atoms with Crippen LogP contribution in [0.25, 0.3) is 66.1 Å². The molecule has 1 heteroatoms. The van der Waals surface area contributed by atoms with E-state index in [2.05, 4.69) is 261 Å². The molecule has 0 N–H and O–H groups in total. The summed E-state index contributed by atoms with van der Waals surface area (Å²) in [4.78, 5) is 2.66. The van der Waals surface area contributed by atoms with Crippen LogP contribution in [0, 0.1) is 5.92 Å². The molecule has 13 rings (SSSR count). The maximum Gasteiger partial charge on any atom is 0.0540 e. The summed E-state index contributed by atoms with van der Waals surface area (Å²) in [5.41, 5.74) is 20.0. The van der Waals surface area contributed by atoms with Gasteiger partial charge in [0.25, 0.3) is 0 Å². The van der Waals surface area contributed by atoms with Crippen molar-refractivity contribution in [1.82, 2.24) is 0 Å². The molecule has 0 aliphatic heterocycles. The van der Waals surface area contributed by atoms with Gasteiger partial charge in [-0.05, 0) is 133 Å². The Labute approximate surface area is 425 Å². The molecule has 3 atom stereocenters. The molecule has 0 bridgehead atoms. The van der Waals surface area contributed by atoms with Gasteiger partial charge in [0.1, 0.15) is 0 Å². The Morgan fingerprint density at radius 1 is 0.431 bits per heavy atom. The molecule has 0 radical (unpaired) electrons. The highest BCUT2D eigenvalue weighted by Gasteiger charge is 2.42. The highest BCUT2D eigenvalue weighted by Crippen LogP contribution is 2.57. The number of hydrogen-bond donors (Lipinski definition) is 0. The molecule has 3 aliphatic carbocycles. The van der Waals surface area contributed by atoms with Gasteiger partial charge in [-0.3, -0.25) is 0 Å². The second kappa shape index (κ2) is 18.3. The monoisotopic (exact) mass is 925 g/mol. The van der Waals surface area contributed by atoms with Gasteiger partial charge in [0.05, 0.1) is 17.1 Å². The van der Waals surface area contributed by atoms with Gasteiger partial charge >= 0.3 is 0 Å². The van der Waals surface area contributed by atoms with E-state index in [1.807, 2.05) is 0 Å². The van der Waals surface area contributed by atoms with Gasteiger partial charge in [-0.1, -0.05) is 251 Å². The smallest absolute Gasteiger partial charge is 0.0540 e. The van der Waals surface area contributed by atoms with E-state index in [0.29, 0.717) is 11.8 Å². The molecule has 0 heterocycles. The van der Waals surface area contributed by atoms with Crippen molar-refractivity contribution in [2.45, 2.75) is 63.2 Å². The number of hydrogen-bond acceptors (Lipinski definition) is 1. The van der Waals surface area contributed by atoms with E-state index in [4.69, 9.17) is 0 Å². The van der Waals surface area contributed by atoms with Crippen molar-refractivity contribution in [2.24, 2.45) is 5.92 Å². The zero-order valence-electron chi connectivity index (χ0n) is 41.3. The Morgan fingerprint density at radius 2 is 1.01 bits per heavy atom. The van der Waals surface area contributed by atoms with Crippen LogP contribution < -0.4 is 4.90 Å². The number of allylic oxidation sites excluding steroid dienone is 4. The van der Waals surface area contributed by atoms with E-state index in [1.165, 1.54) is 132 Å². The average molecular weight is 926 g/mol. The van der Waals surface area contributed by atoms with Crippen LogP contribution in [0.5, 0.6) is 0 Å². The zero-order valence-corrected chi connectivity index (χ0v) is 41.3. The van der Waals surface area contributed by atoms with E-state index in [9.17, 15) is 0 Å². The SMILES string of the molecule is CC1C=CC=CC1c1ccc(-c2cccc3ccccc23)cc1N(c1ccccc1-c1cccc2c1-c1ccccc1C2(C)c1ccccc1)c1ccccc1-c1cccc2cccc(C3CCCCC3)c12. The second-order valence-corrected chi connectivity index (χ2v) is 20.7. The minimum Gasteiger partial charge on any atom is -0.309 e. The number of nitrogens with zero attached hydrogens (tertiary/aromatic N) is 1. The Kier molecular flexibility index (Phi) is 11.2. The fraction of sp³-hybridized carbons (Fsp3) is 0.155. The van der Waals surface area contributed by atoms with Gasteiger partial charge in [-0.2, -0.15) is 0 Å². The zero-order chi connectivity index (χ0) is 48.2. The number of rotatable bonds is 9. The van der Waals surface area contributed by atoms with Crippen LogP contribution in [0.15, 0.2) is 243 Å². The van der Waals surface area contributed by atoms with Crippen LogP contribution in [0.1, 0.15) is 85.6 Å². The predicted molar refractivity (Wildman–Crippen MR) is 306 cm³/mol. The first-order valence-corrected chi connectivity index (χ1v) is 26.3. The number of benzene rings is 10. The molecule has 0 amide bonds. The Bertz CT molecular complexity index is 3720. The standard InChI is InChI=1S/C71H59N/c1-48-23-9-11-32-54(48)60-46-45-52(56-37-19-27-49-26-10-12-33-55(49)56)47-68(60)72(66-43-17-14-34-58(66)61-39-21-29-51-28-20-38-57(69(51)61)50-24-5-3-6-25-50)67-44-18-15-35-59(67)62-40-22-42-65-70(62)63-36-13-16-41-64(63)71(65,2)53-30-7-4-8-31-53/h4,7-23,26-48,50,54H,3,5-6,24-25H2,1-2H3. The van der Waals surface area contributed by atoms with Crippen LogP contribution in [0.3, 0.4) is 0 Å². The summed E-state index contributed by atoms with van der Waals surface area (Å²) in [6.07, 6.45) is 15.7. The van der Waals surface area contributed by atoms with Crippen LogP contribution in [-0.4, -0.2) is 0 Å². The van der Waals surface area contributed by atoms with Gasteiger partial charge in [0, 0.05) is 22.5 Å². The summed E-state index contributed by atoms with van der Waals surface area (Å²) in [5, 5.41) is 5.20. The Balaban J connectivity index is 1.12. The van der Waals surface area contributed by atoms with Gasteiger partial charge in [0.2, 0.25) is 0 Å². The van der Waals surface area contributed by atoms with Crippen LogP contribution in [0.2, 0.25) is 0 Å². The molecule has 10 aromatic carbocycles. The molecular weight excluding hydrogens is 867 g/mol. The summed E-state index contributed by atoms with van der Waals surface area (Å²) in [7, 11) is 0. The van der Waals surface area contributed by atoms with Gasteiger partial charge in [-0.15, -0.1) is 0 Å². The fourth-order valence-corrected chi connectivity index (χ4v) is 13.1. The molecule has 1 fully saturated rings. The van der Waals surface area contributed by atoms with Gasteiger partial charge < -0.3 is 4.90 Å². The first-order chi connectivity index (χ1) is 35.6. The van der Waals surface area contributed by atoms with E-state index in [1.54, 1.807) is 0 Å². The third-order valence-corrected chi connectivity index (χ3v) is 16.7. The van der Waals surface area contributed by atoms with Crippen molar-refractivity contribution in [2.75, 3.05) is 4.90 Å². The number of fused-ring (bicyclic) bond motifs is 5. The minimum atomic E-state index is -0.328. The first kappa shape index (κ1) is 44.0. The topological polar surface area (TPSA) is 3.24 Å². The predicted octanol–water partition coefficient (Wildman–Crippen LogP) is 19.7. The first-order valence-electron chi connectivity index (χ1n) is 26.3. The van der Waals surface area contributed by atoms with Gasteiger partial charge in [0.15, 0.2) is 0 Å². The lowest BCUT2D eigenvalue weighted by atomic mass is 9.74. The Hall–Kier alpha value is -8.00. The quantitative estimate of drug-likeness (QED) is 0.139. The molecule has 348 valence electrons. The second-order valence-electron chi connectivity index (χ2n) is 20.7. The molecule has 0 aromatic heterocycles. The molecule has 0 spiro atoms. The summed E-state index contributed by atoms with van der Waals surface area (Å²) in [6.45, 7) is 4.80. The largest absolute Gasteiger partial charge is 0.309 e. The molecular formula is C71H59N. The van der Waals surface area contributed by atoms with Crippen LogP contribution in [-0.2, 0) is 5.41 Å².